The molecule has 2 aliphatic heterocycles. The highest BCUT2D eigenvalue weighted by Crippen LogP contribution is 2.46. The number of epoxide rings is 1. The van der Waals surface area contributed by atoms with Crippen LogP contribution in [0.25, 0.3) is 0 Å². The summed E-state index contributed by atoms with van der Waals surface area (Å²) in [5, 5.41) is 9.33. The molecular formula is C20H24O6. The monoisotopic (exact) mass is 360 g/mol. The van der Waals surface area contributed by atoms with Gasteiger partial charge < -0.3 is 19.3 Å². The molecule has 140 valence electrons. The van der Waals surface area contributed by atoms with Crippen molar-refractivity contribution in [3.63, 3.8) is 0 Å². The van der Waals surface area contributed by atoms with Gasteiger partial charge >= 0.3 is 11.9 Å². The molecule has 6 heteroatoms. The number of hydrogen-bond acceptors (Lipinski definition) is 6. The van der Waals surface area contributed by atoms with Crippen molar-refractivity contribution < 1.29 is 28.9 Å². The van der Waals surface area contributed by atoms with E-state index < -0.39 is 42.3 Å². The lowest BCUT2D eigenvalue weighted by Crippen LogP contribution is -2.37. The number of allylic oxidation sites excluding steroid dienone is 3. The minimum atomic E-state index is -0.654. The van der Waals surface area contributed by atoms with Crippen LogP contribution in [-0.2, 0) is 23.8 Å². The Hall–Kier alpha value is -2.18. The van der Waals surface area contributed by atoms with E-state index >= 15 is 0 Å². The van der Waals surface area contributed by atoms with Crippen LogP contribution in [0.1, 0.15) is 27.2 Å². The number of aliphatic hydroxyl groups is 1. The predicted molar refractivity (Wildman–Crippen MR) is 94.0 cm³/mol. The largest absolute Gasteiger partial charge is 0.458 e. The van der Waals surface area contributed by atoms with E-state index in [1.807, 2.05) is 32.1 Å². The molecule has 0 bridgehead atoms. The summed E-state index contributed by atoms with van der Waals surface area (Å²) in [5.41, 5.74) is 0.898. The van der Waals surface area contributed by atoms with Gasteiger partial charge in [-0.05, 0) is 26.8 Å². The van der Waals surface area contributed by atoms with Gasteiger partial charge in [0.05, 0.1) is 23.7 Å². The van der Waals surface area contributed by atoms with E-state index in [0.717, 1.165) is 5.57 Å². The number of ether oxygens (including phenoxy) is 3. The lowest BCUT2D eigenvalue weighted by molar-refractivity contribution is -0.148. The maximum Gasteiger partial charge on any atom is 0.336 e. The van der Waals surface area contributed by atoms with Gasteiger partial charge in [0, 0.05) is 12.0 Å². The Bertz CT molecular complexity index is 731. The average molecular weight is 360 g/mol. The SMILES string of the molecule is C=C1C(=O)O[C@@H]2/C=C(C)\C=C/[C@H]3O[C@]3(C)C[C@@H](OC(=O)/C(=C/C)CO)[C@H]12. The first-order valence-electron chi connectivity index (χ1n) is 8.70. The number of carbonyl (C=O) groups is 2. The molecule has 0 amide bonds. The van der Waals surface area contributed by atoms with Gasteiger partial charge in [0.2, 0.25) is 0 Å². The Balaban J connectivity index is 1.96. The molecule has 0 aromatic carbocycles. The first-order valence-corrected chi connectivity index (χ1v) is 8.70. The first-order chi connectivity index (χ1) is 12.3. The van der Waals surface area contributed by atoms with Gasteiger partial charge in [0.25, 0.3) is 0 Å². The molecule has 6 nitrogen and oxygen atoms in total. The number of esters is 2. The van der Waals surface area contributed by atoms with Gasteiger partial charge in [-0.25, -0.2) is 9.59 Å². The summed E-state index contributed by atoms with van der Waals surface area (Å²) in [5.74, 6) is -1.59. The molecule has 3 rings (SSSR count). The summed E-state index contributed by atoms with van der Waals surface area (Å²) < 4.78 is 16.9. The van der Waals surface area contributed by atoms with E-state index in [0.29, 0.717) is 6.42 Å². The fourth-order valence-corrected chi connectivity index (χ4v) is 3.53. The van der Waals surface area contributed by atoms with Crippen LogP contribution in [-0.4, -0.2) is 47.6 Å². The van der Waals surface area contributed by atoms with Crippen molar-refractivity contribution in [3.05, 3.63) is 47.6 Å². The van der Waals surface area contributed by atoms with Crippen LogP contribution in [0, 0.1) is 5.92 Å². The maximum absolute atomic E-state index is 12.4. The third-order valence-electron chi connectivity index (χ3n) is 5.21. The van der Waals surface area contributed by atoms with Crippen LogP contribution in [0.2, 0.25) is 0 Å². The Morgan fingerprint density at radius 1 is 1.54 bits per heavy atom. The number of aliphatic hydroxyl groups excluding tert-OH is 1. The minimum Gasteiger partial charge on any atom is -0.458 e. The standard InChI is InChI=1S/C20H24O6/c1-5-13(10-21)19(23)25-15-9-20(4)16(26-20)7-6-11(2)8-14-17(15)12(3)18(22)24-14/h5-8,14-17,21H,3,9-10H2,1-2,4H3/b7-6-,11-8-,13-5+/t14-,15-,16-,17-,20-/m1/s1. The van der Waals surface area contributed by atoms with Gasteiger partial charge in [-0.3, -0.25) is 0 Å². The van der Waals surface area contributed by atoms with Crippen molar-refractivity contribution in [3.8, 4) is 0 Å². The Morgan fingerprint density at radius 3 is 2.92 bits per heavy atom. The normalized spacial score (nSPS) is 39.8. The highest BCUT2D eigenvalue weighted by atomic mass is 16.6. The smallest absolute Gasteiger partial charge is 0.336 e. The molecular weight excluding hydrogens is 336 g/mol. The molecule has 1 aliphatic carbocycles. The summed E-state index contributed by atoms with van der Waals surface area (Å²) in [6.07, 6.45) is 6.37. The van der Waals surface area contributed by atoms with Crippen molar-refractivity contribution in [2.75, 3.05) is 6.61 Å². The summed E-state index contributed by atoms with van der Waals surface area (Å²) in [4.78, 5) is 24.5. The van der Waals surface area contributed by atoms with Gasteiger partial charge in [-0.15, -0.1) is 0 Å². The van der Waals surface area contributed by atoms with Crippen LogP contribution in [0.4, 0.5) is 0 Å². The molecule has 26 heavy (non-hydrogen) atoms. The molecule has 0 saturated carbocycles. The second-order valence-electron chi connectivity index (χ2n) is 7.16. The fraction of sp³-hybridized carbons (Fsp3) is 0.500. The van der Waals surface area contributed by atoms with Crippen LogP contribution in [0.5, 0.6) is 0 Å². The zero-order valence-corrected chi connectivity index (χ0v) is 15.2. The van der Waals surface area contributed by atoms with Crippen molar-refractivity contribution in [1.82, 2.24) is 0 Å². The zero-order valence-electron chi connectivity index (χ0n) is 15.2. The Morgan fingerprint density at radius 2 is 2.27 bits per heavy atom. The second-order valence-corrected chi connectivity index (χ2v) is 7.16. The third-order valence-corrected chi connectivity index (χ3v) is 5.21. The van der Waals surface area contributed by atoms with Gasteiger partial charge in [-0.1, -0.05) is 30.4 Å². The molecule has 0 aromatic rings. The van der Waals surface area contributed by atoms with Gasteiger partial charge in [-0.2, -0.15) is 0 Å². The summed E-state index contributed by atoms with van der Waals surface area (Å²) >= 11 is 0. The molecule has 0 spiro atoms. The average Bonchev–Trinajstić information content (AvgIpc) is 3.13. The van der Waals surface area contributed by atoms with Crippen molar-refractivity contribution in [2.45, 2.75) is 51.1 Å². The van der Waals surface area contributed by atoms with E-state index in [4.69, 9.17) is 14.2 Å². The van der Waals surface area contributed by atoms with E-state index in [1.54, 1.807) is 6.92 Å². The highest BCUT2D eigenvalue weighted by molar-refractivity contribution is 5.92. The molecule has 2 fully saturated rings. The van der Waals surface area contributed by atoms with Crippen molar-refractivity contribution in [2.24, 2.45) is 5.92 Å². The van der Waals surface area contributed by atoms with E-state index in [2.05, 4.69) is 6.58 Å². The minimum absolute atomic E-state index is 0.0751. The van der Waals surface area contributed by atoms with Crippen LogP contribution >= 0.6 is 0 Å². The quantitative estimate of drug-likeness (QED) is 0.471. The molecule has 5 atom stereocenters. The van der Waals surface area contributed by atoms with Crippen LogP contribution < -0.4 is 0 Å². The summed E-state index contributed by atoms with van der Waals surface area (Å²) in [6, 6.07) is 0. The maximum atomic E-state index is 12.4. The molecule has 0 radical (unpaired) electrons. The zero-order chi connectivity index (χ0) is 19.1. The fourth-order valence-electron chi connectivity index (χ4n) is 3.53. The van der Waals surface area contributed by atoms with Gasteiger partial charge in [0.15, 0.2) is 0 Å². The Labute approximate surface area is 152 Å². The number of rotatable bonds is 3. The predicted octanol–water partition coefficient (Wildman–Crippen LogP) is 2.00. The van der Waals surface area contributed by atoms with E-state index in [1.165, 1.54) is 6.08 Å². The topological polar surface area (TPSA) is 85.4 Å². The van der Waals surface area contributed by atoms with E-state index in [9.17, 15) is 14.7 Å². The van der Waals surface area contributed by atoms with E-state index in [-0.39, 0.29) is 17.3 Å². The lowest BCUT2D eigenvalue weighted by atomic mass is 9.83. The Kier molecular flexibility index (Phi) is 4.90. The number of fused-ring (bicyclic) bond motifs is 2. The molecule has 3 aliphatic rings. The van der Waals surface area contributed by atoms with Crippen molar-refractivity contribution in [1.29, 1.82) is 0 Å². The first kappa shape index (κ1) is 18.6. The number of carbonyl (C=O) groups excluding carboxylic acids is 2. The second kappa shape index (κ2) is 6.85. The molecule has 2 saturated heterocycles. The van der Waals surface area contributed by atoms with Crippen molar-refractivity contribution >= 4 is 11.9 Å². The summed E-state index contributed by atoms with van der Waals surface area (Å²) in [6.45, 7) is 8.96. The summed E-state index contributed by atoms with van der Waals surface area (Å²) in [7, 11) is 0. The molecule has 1 N–H and O–H groups in total. The molecule has 2 heterocycles. The number of hydrogen-bond donors (Lipinski definition) is 1. The van der Waals surface area contributed by atoms with Crippen LogP contribution in [0.15, 0.2) is 47.6 Å². The highest BCUT2D eigenvalue weighted by Gasteiger charge is 2.56. The van der Waals surface area contributed by atoms with Crippen LogP contribution in [0.3, 0.4) is 0 Å². The van der Waals surface area contributed by atoms with Gasteiger partial charge in [0.1, 0.15) is 18.3 Å². The molecule has 0 aromatic heterocycles. The lowest BCUT2D eigenvalue weighted by Gasteiger charge is -2.28. The molecule has 0 unspecified atom stereocenters. The third kappa shape index (κ3) is 3.39.